The standard InChI is InChI=1S/C19H26N4O2.ClH/c1-14-16(19(25-3)22(2)21-14)13-20-17(15-9-5-4-6-10-15)18(24)23-11-7-8-12-23;/h4-6,9-10,17,20H,7-8,11-13H2,1-3H3;1H. The van der Waals surface area contributed by atoms with E-state index in [1.54, 1.807) is 11.8 Å². The molecule has 0 radical (unpaired) electrons. The number of methoxy groups -OCH3 is 1. The van der Waals surface area contributed by atoms with Crippen molar-refractivity contribution in [3.8, 4) is 5.88 Å². The smallest absolute Gasteiger partial charge is 0.244 e. The number of aryl methyl sites for hydroxylation is 2. The fourth-order valence-electron chi connectivity index (χ4n) is 3.46. The second-order valence-corrected chi connectivity index (χ2v) is 6.45. The van der Waals surface area contributed by atoms with Gasteiger partial charge in [-0.05, 0) is 25.3 Å². The zero-order valence-electron chi connectivity index (χ0n) is 15.6. The molecule has 1 aromatic carbocycles. The number of rotatable bonds is 6. The van der Waals surface area contributed by atoms with Gasteiger partial charge in [-0.15, -0.1) is 12.4 Å². The molecule has 2 aromatic rings. The van der Waals surface area contributed by atoms with Crippen LogP contribution in [0.15, 0.2) is 30.3 Å². The molecular formula is C19H27ClN4O2. The van der Waals surface area contributed by atoms with Gasteiger partial charge in [0.2, 0.25) is 11.8 Å². The lowest BCUT2D eigenvalue weighted by molar-refractivity contribution is -0.132. The van der Waals surface area contributed by atoms with Crippen molar-refractivity contribution < 1.29 is 9.53 Å². The minimum absolute atomic E-state index is 0. The van der Waals surface area contributed by atoms with Gasteiger partial charge in [-0.3, -0.25) is 10.1 Å². The number of carbonyl (C=O) groups is 1. The van der Waals surface area contributed by atoms with E-state index >= 15 is 0 Å². The maximum Gasteiger partial charge on any atom is 0.244 e. The SMILES string of the molecule is COc1c(CNC(C(=O)N2CCCC2)c2ccccc2)c(C)nn1C.Cl. The lowest BCUT2D eigenvalue weighted by Crippen LogP contribution is -2.39. The maximum absolute atomic E-state index is 13.0. The molecule has 6 nitrogen and oxygen atoms in total. The maximum atomic E-state index is 13.0. The van der Waals surface area contributed by atoms with E-state index in [0.29, 0.717) is 6.54 Å². The second kappa shape index (κ2) is 9.05. The van der Waals surface area contributed by atoms with Crippen LogP contribution < -0.4 is 10.1 Å². The normalized spacial score (nSPS) is 14.8. The Morgan fingerprint density at radius 3 is 2.54 bits per heavy atom. The average molecular weight is 379 g/mol. The predicted octanol–water partition coefficient (Wildman–Crippen LogP) is 2.61. The van der Waals surface area contributed by atoms with Crippen LogP contribution in [0.1, 0.15) is 35.7 Å². The van der Waals surface area contributed by atoms with Crippen LogP contribution in [0, 0.1) is 6.92 Å². The van der Waals surface area contributed by atoms with Crippen LogP contribution >= 0.6 is 12.4 Å². The molecule has 1 N–H and O–H groups in total. The number of likely N-dealkylation sites (tertiary alicyclic amines) is 1. The Labute approximate surface area is 160 Å². The molecule has 0 spiro atoms. The number of hydrogen-bond donors (Lipinski definition) is 1. The number of aromatic nitrogens is 2. The molecule has 7 heteroatoms. The summed E-state index contributed by atoms with van der Waals surface area (Å²) in [5, 5.41) is 7.84. The first-order valence-electron chi connectivity index (χ1n) is 8.75. The molecule has 1 fully saturated rings. The number of carbonyl (C=O) groups excluding carboxylic acids is 1. The van der Waals surface area contributed by atoms with E-state index in [2.05, 4.69) is 10.4 Å². The molecule has 0 bridgehead atoms. The molecule has 1 amide bonds. The molecule has 1 aromatic heterocycles. The third-order valence-electron chi connectivity index (χ3n) is 4.76. The Balaban J connectivity index is 0.00000243. The van der Waals surface area contributed by atoms with Crippen LogP contribution in [0.5, 0.6) is 5.88 Å². The van der Waals surface area contributed by atoms with Gasteiger partial charge in [-0.2, -0.15) is 5.10 Å². The minimum atomic E-state index is -0.358. The van der Waals surface area contributed by atoms with E-state index in [1.807, 2.05) is 49.2 Å². The first kappa shape index (κ1) is 20.3. The fraction of sp³-hybridized carbons (Fsp3) is 0.474. The Morgan fingerprint density at radius 1 is 1.27 bits per heavy atom. The molecule has 26 heavy (non-hydrogen) atoms. The summed E-state index contributed by atoms with van der Waals surface area (Å²) in [6.45, 7) is 4.18. The van der Waals surface area contributed by atoms with Crippen molar-refractivity contribution in [2.45, 2.75) is 32.4 Å². The summed E-state index contributed by atoms with van der Waals surface area (Å²) in [6, 6.07) is 9.55. The van der Waals surface area contributed by atoms with Crippen LogP contribution in [0.3, 0.4) is 0 Å². The molecule has 1 aliphatic heterocycles. The van der Waals surface area contributed by atoms with E-state index < -0.39 is 0 Å². The molecule has 2 heterocycles. The molecule has 1 unspecified atom stereocenters. The highest BCUT2D eigenvalue weighted by Gasteiger charge is 2.28. The van der Waals surface area contributed by atoms with Crippen molar-refractivity contribution in [1.29, 1.82) is 0 Å². The second-order valence-electron chi connectivity index (χ2n) is 6.45. The summed E-state index contributed by atoms with van der Waals surface area (Å²) < 4.78 is 7.19. The van der Waals surface area contributed by atoms with Gasteiger partial charge in [-0.1, -0.05) is 30.3 Å². The molecule has 3 rings (SSSR count). The van der Waals surface area contributed by atoms with Gasteiger partial charge in [0.15, 0.2) is 0 Å². The average Bonchev–Trinajstić information content (AvgIpc) is 3.24. The zero-order valence-corrected chi connectivity index (χ0v) is 16.4. The minimum Gasteiger partial charge on any atom is -0.481 e. The largest absolute Gasteiger partial charge is 0.481 e. The molecule has 0 aliphatic carbocycles. The summed E-state index contributed by atoms with van der Waals surface area (Å²) in [6.07, 6.45) is 2.17. The summed E-state index contributed by atoms with van der Waals surface area (Å²) in [5.41, 5.74) is 2.88. The van der Waals surface area contributed by atoms with E-state index in [1.165, 1.54) is 0 Å². The van der Waals surface area contributed by atoms with Gasteiger partial charge < -0.3 is 9.64 Å². The van der Waals surface area contributed by atoms with Crippen molar-refractivity contribution in [1.82, 2.24) is 20.0 Å². The Morgan fingerprint density at radius 2 is 1.92 bits per heavy atom. The number of nitrogens with zero attached hydrogens (tertiary/aromatic N) is 3. The highest BCUT2D eigenvalue weighted by atomic mass is 35.5. The van der Waals surface area contributed by atoms with E-state index in [0.717, 1.165) is 48.6 Å². The molecule has 1 saturated heterocycles. The Kier molecular flexibility index (Phi) is 7.06. The number of benzene rings is 1. The van der Waals surface area contributed by atoms with Gasteiger partial charge >= 0.3 is 0 Å². The molecule has 142 valence electrons. The first-order chi connectivity index (χ1) is 12.1. The summed E-state index contributed by atoms with van der Waals surface area (Å²) in [7, 11) is 3.50. The van der Waals surface area contributed by atoms with Crippen LogP contribution in [-0.2, 0) is 18.4 Å². The zero-order chi connectivity index (χ0) is 17.8. The van der Waals surface area contributed by atoms with Crippen LogP contribution in [0.2, 0.25) is 0 Å². The topological polar surface area (TPSA) is 59.4 Å². The van der Waals surface area contributed by atoms with Crippen molar-refractivity contribution >= 4 is 18.3 Å². The van der Waals surface area contributed by atoms with Crippen molar-refractivity contribution in [3.05, 3.63) is 47.2 Å². The number of halogens is 1. The van der Waals surface area contributed by atoms with Gasteiger partial charge in [0, 0.05) is 26.7 Å². The lowest BCUT2D eigenvalue weighted by Gasteiger charge is -2.24. The first-order valence-corrected chi connectivity index (χ1v) is 8.75. The van der Waals surface area contributed by atoms with E-state index in [9.17, 15) is 4.79 Å². The van der Waals surface area contributed by atoms with Crippen molar-refractivity contribution in [3.63, 3.8) is 0 Å². The van der Waals surface area contributed by atoms with Gasteiger partial charge in [0.1, 0.15) is 6.04 Å². The van der Waals surface area contributed by atoms with Crippen molar-refractivity contribution in [2.75, 3.05) is 20.2 Å². The number of amides is 1. The van der Waals surface area contributed by atoms with E-state index in [4.69, 9.17) is 4.74 Å². The third-order valence-corrected chi connectivity index (χ3v) is 4.76. The summed E-state index contributed by atoms with van der Waals surface area (Å²) in [5.74, 6) is 0.870. The Hall–Kier alpha value is -2.05. The van der Waals surface area contributed by atoms with Crippen molar-refractivity contribution in [2.24, 2.45) is 7.05 Å². The fourth-order valence-corrected chi connectivity index (χ4v) is 3.46. The summed E-state index contributed by atoms with van der Waals surface area (Å²) in [4.78, 5) is 15.0. The highest BCUT2D eigenvalue weighted by molar-refractivity contribution is 5.85. The summed E-state index contributed by atoms with van der Waals surface area (Å²) >= 11 is 0. The lowest BCUT2D eigenvalue weighted by atomic mass is 10.0. The third kappa shape index (κ3) is 4.19. The van der Waals surface area contributed by atoms with Gasteiger partial charge in [0.05, 0.1) is 18.4 Å². The quantitative estimate of drug-likeness (QED) is 0.839. The molecular weight excluding hydrogens is 352 g/mol. The monoisotopic (exact) mass is 378 g/mol. The van der Waals surface area contributed by atoms with Crippen LogP contribution in [0.25, 0.3) is 0 Å². The van der Waals surface area contributed by atoms with Crippen LogP contribution in [-0.4, -0.2) is 40.8 Å². The number of hydrogen-bond acceptors (Lipinski definition) is 4. The van der Waals surface area contributed by atoms with Gasteiger partial charge in [-0.25, -0.2) is 4.68 Å². The molecule has 1 aliphatic rings. The predicted molar refractivity (Wildman–Crippen MR) is 104 cm³/mol. The van der Waals surface area contributed by atoms with E-state index in [-0.39, 0.29) is 24.4 Å². The molecule has 0 saturated carbocycles. The number of nitrogens with one attached hydrogen (secondary N) is 1. The van der Waals surface area contributed by atoms with Gasteiger partial charge in [0.25, 0.3) is 0 Å². The molecule has 1 atom stereocenters. The number of ether oxygens (including phenoxy) is 1. The highest BCUT2D eigenvalue weighted by Crippen LogP contribution is 2.24. The van der Waals surface area contributed by atoms with Crippen LogP contribution in [0.4, 0.5) is 0 Å². The Bertz CT molecular complexity index is 727.